The standard InChI is InChI=1S/C14H11NO2/c1-9-2-7-13-12(8-9)14(17-15-13)10-3-5-11(16)6-4-10/h2-8,16H,1H3. The number of phenols is 1. The van der Waals surface area contributed by atoms with Crippen molar-refractivity contribution in [2.24, 2.45) is 0 Å². The lowest BCUT2D eigenvalue weighted by Gasteiger charge is -1.97. The maximum atomic E-state index is 9.27. The molecular weight excluding hydrogens is 214 g/mol. The van der Waals surface area contributed by atoms with Gasteiger partial charge < -0.3 is 9.63 Å². The van der Waals surface area contributed by atoms with Gasteiger partial charge in [-0.25, -0.2) is 0 Å². The molecule has 0 amide bonds. The maximum Gasteiger partial charge on any atom is 0.174 e. The van der Waals surface area contributed by atoms with Gasteiger partial charge in [0.25, 0.3) is 0 Å². The normalized spacial score (nSPS) is 10.9. The lowest BCUT2D eigenvalue weighted by molar-refractivity contribution is 0.440. The second-order valence-corrected chi connectivity index (χ2v) is 4.08. The highest BCUT2D eigenvalue weighted by Gasteiger charge is 2.10. The van der Waals surface area contributed by atoms with Crippen LogP contribution in [0.1, 0.15) is 5.56 Å². The Hall–Kier alpha value is -2.29. The van der Waals surface area contributed by atoms with Crippen molar-refractivity contribution < 1.29 is 9.63 Å². The molecule has 0 unspecified atom stereocenters. The molecule has 3 nitrogen and oxygen atoms in total. The van der Waals surface area contributed by atoms with Crippen LogP contribution >= 0.6 is 0 Å². The Morgan fingerprint density at radius 2 is 1.82 bits per heavy atom. The number of fused-ring (bicyclic) bond motifs is 1. The molecule has 3 aromatic rings. The van der Waals surface area contributed by atoms with E-state index in [1.807, 2.05) is 37.3 Å². The molecule has 0 spiro atoms. The van der Waals surface area contributed by atoms with Crippen molar-refractivity contribution in [1.82, 2.24) is 5.16 Å². The molecule has 0 radical (unpaired) electrons. The molecular formula is C14H11NO2. The van der Waals surface area contributed by atoms with Gasteiger partial charge >= 0.3 is 0 Å². The molecule has 0 bridgehead atoms. The summed E-state index contributed by atoms with van der Waals surface area (Å²) in [7, 11) is 0. The Bertz CT molecular complexity index is 668. The highest BCUT2D eigenvalue weighted by molar-refractivity contribution is 5.91. The third-order valence-electron chi connectivity index (χ3n) is 2.76. The van der Waals surface area contributed by atoms with Gasteiger partial charge in [0.05, 0.1) is 0 Å². The minimum Gasteiger partial charge on any atom is -0.508 e. The van der Waals surface area contributed by atoms with E-state index in [2.05, 4.69) is 5.16 Å². The molecule has 0 atom stereocenters. The van der Waals surface area contributed by atoms with Crippen LogP contribution in [0, 0.1) is 6.92 Å². The first kappa shape index (κ1) is 9.90. The molecule has 1 aromatic heterocycles. The summed E-state index contributed by atoms with van der Waals surface area (Å²) in [6.45, 7) is 2.03. The van der Waals surface area contributed by atoms with Crippen LogP contribution in [0.5, 0.6) is 5.75 Å². The number of aromatic nitrogens is 1. The van der Waals surface area contributed by atoms with Gasteiger partial charge in [0.1, 0.15) is 11.3 Å². The smallest absolute Gasteiger partial charge is 0.174 e. The third-order valence-corrected chi connectivity index (χ3v) is 2.76. The number of aromatic hydroxyl groups is 1. The minimum absolute atomic E-state index is 0.244. The maximum absolute atomic E-state index is 9.27. The van der Waals surface area contributed by atoms with Crippen LogP contribution in [0.15, 0.2) is 47.0 Å². The summed E-state index contributed by atoms with van der Waals surface area (Å²) in [5.41, 5.74) is 2.93. The van der Waals surface area contributed by atoms with Gasteiger partial charge in [0.15, 0.2) is 5.76 Å². The van der Waals surface area contributed by atoms with Gasteiger partial charge in [-0.1, -0.05) is 16.8 Å². The van der Waals surface area contributed by atoms with E-state index in [1.54, 1.807) is 12.1 Å². The van der Waals surface area contributed by atoms with Crippen LogP contribution < -0.4 is 0 Å². The molecule has 0 aliphatic heterocycles. The Labute approximate surface area is 98.3 Å². The quantitative estimate of drug-likeness (QED) is 0.689. The van der Waals surface area contributed by atoms with Gasteiger partial charge in [-0.05, 0) is 43.3 Å². The molecule has 84 valence electrons. The fourth-order valence-corrected chi connectivity index (χ4v) is 1.88. The van der Waals surface area contributed by atoms with Crippen molar-refractivity contribution in [3.8, 4) is 17.1 Å². The van der Waals surface area contributed by atoms with Crippen LogP contribution in [-0.2, 0) is 0 Å². The second kappa shape index (κ2) is 3.63. The number of hydrogen-bond acceptors (Lipinski definition) is 3. The van der Waals surface area contributed by atoms with E-state index in [4.69, 9.17) is 4.52 Å². The first-order valence-electron chi connectivity index (χ1n) is 5.39. The van der Waals surface area contributed by atoms with Crippen molar-refractivity contribution in [3.63, 3.8) is 0 Å². The fourth-order valence-electron chi connectivity index (χ4n) is 1.88. The van der Waals surface area contributed by atoms with Crippen LogP contribution in [-0.4, -0.2) is 10.3 Å². The lowest BCUT2D eigenvalue weighted by Crippen LogP contribution is -1.76. The van der Waals surface area contributed by atoms with E-state index in [9.17, 15) is 5.11 Å². The molecule has 3 rings (SSSR count). The SMILES string of the molecule is Cc1ccc2noc(-c3ccc(O)cc3)c2c1. The molecule has 1 N–H and O–H groups in total. The van der Waals surface area contributed by atoms with Crippen molar-refractivity contribution in [2.75, 3.05) is 0 Å². The third kappa shape index (κ3) is 1.65. The van der Waals surface area contributed by atoms with Crippen LogP contribution in [0.2, 0.25) is 0 Å². The van der Waals surface area contributed by atoms with Gasteiger partial charge in [-0.15, -0.1) is 0 Å². The molecule has 3 heteroatoms. The van der Waals surface area contributed by atoms with Crippen molar-refractivity contribution in [1.29, 1.82) is 0 Å². The first-order valence-corrected chi connectivity index (χ1v) is 5.39. The summed E-state index contributed by atoms with van der Waals surface area (Å²) in [6.07, 6.45) is 0. The van der Waals surface area contributed by atoms with Crippen molar-refractivity contribution in [3.05, 3.63) is 48.0 Å². The largest absolute Gasteiger partial charge is 0.508 e. The zero-order valence-corrected chi connectivity index (χ0v) is 9.34. The highest BCUT2D eigenvalue weighted by Crippen LogP contribution is 2.30. The predicted molar refractivity (Wildman–Crippen MR) is 65.8 cm³/mol. The van der Waals surface area contributed by atoms with Crippen molar-refractivity contribution in [2.45, 2.75) is 6.92 Å². The van der Waals surface area contributed by atoms with E-state index < -0.39 is 0 Å². The predicted octanol–water partition coefficient (Wildman–Crippen LogP) is 3.51. The monoisotopic (exact) mass is 225 g/mol. The molecule has 0 saturated heterocycles. The minimum atomic E-state index is 0.244. The average molecular weight is 225 g/mol. The lowest BCUT2D eigenvalue weighted by atomic mass is 10.1. The summed E-state index contributed by atoms with van der Waals surface area (Å²) >= 11 is 0. The Morgan fingerprint density at radius 1 is 1.06 bits per heavy atom. The topological polar surface area (TPSA) is 46.3 Å². The second-order valence-electron chi connectivity index (χ2n) is 4.08. The van der Waals surface area contributed by atoms with Gasteiger partial charge in [0.2, 0.25) is 0 Å². The van der Waals surface area contributed by atoms with Crippen LogP contribution in [0.4, 0.5) is 0 Å². The number of benzene rings is 2. The molecule has 17 heavy (non-hydrogen) atoms. The van der Waals surface area contributed by atoms with E-state index in [-0.39, 0.29) is 5.75 Å². The molecule has 0 saturated carbocycles. The first-order chi connectivity index (χ1) is 8.24. The van der Waals surface area contributed by atoms with E-state index in [0.717, 1.165) is 22.2 Å². The molecule has 0 aliphatic carbocycles. The van der Waals surface area contributed by atoms with Gasteiger partial charge in [-0.2, -0.15) is 0 Å². The summed E-state index contributed by atoms with van der Waals surface area (Å²) in [4.78, 5) is 0. The Kier molecular flexibility index (Phi) is 2.11. The van der Waals surface area contributed by atoms with Crippen LogP contribution in [0.25, 0.3) is 22.2 Å². The van der Waals surface area contributed by atoms with E-state index >= 15 is 0 Å². The molecule has 0 fully saturated rings. The van der Waals surface area contributed by atoms with Gasteiger partial charge in [0, 0.05) is 10.9 Å². The highest BCUT2D eigenvalue weighted by atomic mass is 16.5. The molecule has 2 aromatic carbocycles. The zero-order valence-electron chi connectivity index (χ0n) is 9.34. The number of rotatable bonds is 1. The van der Waals surface area contributed by atoms with Crippen LogP contribution in [0.3, 0.4) is 0 Å². The van der Waals surface area contributed by atoms with Crippen molar-refractivity contribution >= 4 is 10.9 Å². The van der Waals surface area contributed by atoms with E-state index in [0.29, 0.717) is 0 Å². The summed E-state index contributed by atoms with van der Waals surface area (Å²) in [5.74, 6) is 0.984. The zero-order chi connectivity index (χ0) is 11.8. The molecule has 1 heterocycles. The Balaban J connectivity index is 2.23. The number of phenolic OH excluding ortho intramolecular Hbond substituents is 1. The number of hydrogen-bond donors (Lipinski definition) is 1. The number of nitrogens with zero attached hydrogens (tertiary/aromatic N) is 1. The van der Waals surface area contributed by atoms with E-state index in [1.165, 1.54) is 5.56 Å². The summed E-state index contributed by atoms with van der Waals surface area (Å²) < 4.78 is 5.36. The van der Waals surface area contributed by atoms with Gasteiger partial charge in [-0.3, -0.25) is 0 Å². The summed E-state index contributed by atoms with van der Waals surface area (Å²) in [5, 5.41) is 14.3. The molecule has 0 aliphatic rings. The number of aryl methyl sites for hydroxylation is 1. The fraction of sp³-hybridized carbons (Fsp3) is 0.0714. The Morgan fingerprint density at radius 3 is 2.59 bits per heavy atom. The average Bonchev–Trinajstić information content (AvgIpc) is 2.73. The summed E-state index contributed by atoms with van der Waals surface area (Å²) in [6, 6.07) is 12.9.